The number of β-amino-alcohol motifs (C(OH)–C–C–N with tert-alkyl or cyclic N) is 1. The highest BCUT2D eigenvalue weighted by atomic mass is 16.3. The highest BCUT2D eigenvalue weighted by Gasteiger charge is 2.23. The number of anilines is 1. The second-order valence-electron chi connectivity index (χ2n) is 6.73. The van der Waals surface area contributed by atoms with Gasteiger partial charge in [-0.3, -0.25) is 9.59 Å². The number of rotatable bonds is 4. The average Bonchev–Trinajstić information content (AvgIpc) is 3.40. The summed E-state index contributed by atoms with van der Waals surface area (Å²) in [6, 6.07) is 8.65. The van der Waals surface area contributed by atoms with Crippen LogP contribution in [0.4, 0.5) is 5.69 Å². The first-order valence-corrected chi connectivity index (χ1v) is 9.06. The molecule has 3 aromatic rings. The van der Waals surface area contributed by atoms with Crippen LogP contribution in [0.1, 0.15) is 33.6 Å². The molecule has 2 N–H and O–H groups in total. The molecule has 0 radical (unpaired) electrons. The number of furan rings is 1. The largest absolute Gasteiger partial charge is 0.472 e. The van der Waals surface area contributed by atoms with Gasteiger partial charge in [0.15, 0.2) is 0 Å². The van der Waals surface area contributed by atoms with Crippen LogP contribution < -0.4 is 5.32 Å². The van der Waals surface area contributed by atoms with E-state index >= 15 is 0 Å². The van der Waals surface area contributed by atoms with Crippen molar-refractivity contribution in [2.75, 3.05) is 18.4 Å². The smallest absolute Gasteiger partial charge is 0.259 e. The molecule has 3 heterocycles. The van der Waals surface area contributed by atoms with Gasteiger partial charge in [-0.1, -0.05) is 0 Å². The molecule has 2 aromatic heterocycles. The van der Waals surface area contributed by atoms with Crippen LogP contribution in [0.2, 0.25) is 0 Å². The molecule has 1 saturated heterocycles. The molecule has 0 aliphatic carbocycles. The summed E-state index contributed by atoms with van der Waals surface area (Å²) in [5, 5.41) is 16.7. The topological polar surface area (TPSA) is 101 Å². The van der Waals surface area contributed by atoms with Crippen molar-refractivity contribution in [3.8, 4) is 5.69 Å². The van der Waals surface area contributed by atoms with Crippen molar-refractivity contribution in [1.82, 2.24) is 14.7 Å². The predicted octanol–water partition coefficient (Wildman–Crippen LogP) is 2.31. The fourth-order valence-electron chi connectivity index (χ4n) is 3.20. The van der Waals surface area contributed by atoms with Gasteiger partial charge in [0, 0.05) is 18.7 Å². The Morgan fingerprint density at radius 2 is 2.00 bits per heavy atom. The van der Waals surface area contributed by atoms with Crippen LogP contribution in [0.3, 0.4) is 0 Å². The highest BCUT2D eigenvalue weighted by molar-refractivity contribution is 6.03. The summed E-state index contributed by atoms with van der Waals surface area (Å²) in [6.07, 6.45) is 7.15. The third-order valence-corrected chi connectivity index (χ3v) is 4.69. The minimum atomic E-state index is -0.447. The maximum absolute atomic E-state index is 12.6. The van der Waals surface area contributed by atoms with Gasteiger partial charge in [0.2, 0.25) is 0 Å². The second kappa shape index (κ2) is 7.69. The molecule has 0 bridgehead atoms. The van der Waals surface area contributed by atoms with Gasteiger partial charge in [0.1, 0.15) is 6.26 Å². The Kier molecular flexibility index (Phi) is 4.94. The SMILES string of the molecule is O=C(Nc1cnn(-c2ccc(C(=O)N3CCCC(O)C3)cc2)c1)c1ccoc1. The van der Waals surface area contributed by atoms with Crippen LogP contribution in [-0.4, -0.2) is 50.8 Å². The standard InChI is InChI=1S/C20H20N4O4/c25-18-2-1-8-23(12-18)20(27)14-3-5-17(6-4-14)24-11-16(10-21-24)22-19(26)15-7-9-28-13-15/h3-7,9-11,13,18,25H,1-2,8,12H2,(H,22,26). The molecule has 1 unspecified atom stereocenters. The number of hydrogen-bond donors (Lipinski definition) is 2. The van der Waals surface area contributed by atoms with Crippen LogP contribution in [-0.2, 0) is 0 Å². The van der Waals surface area contributed by atoms with E-state index in [9.17, 15) is 14.7 Å². The Morgan fingerprint density at radius 1 is 1.18 bits per heavy atom. The molecule has 1 atom stereocenters. The summed E-state index contributed by atoms with van der Waals surface area (Å²) in [6.45, 7) is 1.04. The molecule has 4 rings (SSSR count). The Morgan fingerprint density at radius 3 is 2.71 bits per heavy atom. The number of amides is 2. The molecule has 1 aliphatic heterocycles. The zero-order valence-electron chi connectivity index (χ0n) is 15.1. The number of aliphatic hydroxyl groups excluding tert-OH is 1. The van der Waals surface area contributed by atoms with E-state index in [1.54, 1.807) is 52.3 Å². The van der Waals surface area contributed by atoms with Crippen molar-refractivity contribution in [3.63, 3.8) is 0 Å². The van der Waals surface area contributed by atoms with Gasteiger partial charge in [-0.05, 0) is 43.2 Å². The molecule has 28 heavy (non-hydrogen) atoms. The van der Waals surface area contributed by atoms with E-state index < -0.39 is 6.10 Å². The van der Waals surface area contributed by atoms with Crippen molar-refractivity contribution >= 4 is 17.5 Å². The lowest BCUT2D eigenvalue weighted by Crippen LogP contribution is -2.42. The third-order valence-electron chi connectivity index (χ3n) is 4.69. The number of benzene rings is 1. The van der Waals surface area contributed by atoms with E-state index in [4.69, 9.17) is 4.42 Å². The quantitative estimate of drug-likeness (QED) is 0.723. The second-order valence-corrected chi connectivity index (χ2v) is 6.73. The minimum Gasteiger partial charge on any atom is -0.472 e. The van der Waals surface area contributed by atoms with E-state index in [0.29, 0.717) is 29.9 Å². The molecular weight excluding hydrogens is 360 g/mol. The number of nitrogens with one attached hydrogen (secondary N) is 1. The molecular formula is C20H20N4O4. The lowest BCUT2D eigenvalue weighted by molar-refractivity contribution is 0.0474. The summed E-state index contributed by atoms with van der Waals surface area (Å²) in [5.74, 6) is -0.364. The molecule has 1 fully saturated rings. The summed E-state index contributed by atoms with van der Waals surface area (Å²) >= 11 is 0. The van der Waals surface area contributed by atoms with Gasteiger partial charge in [-0.25, -0.2) is 4.68 Å². The van der Waals surface area contributed by atoms with E-state index in [-0.39, 0.29) is 11.8 Å². The minimum absolute atomic E-state index is 0.0844. The van der Waals surface area contributed by atoms with Crippen LogP contribution in [0.25, 0.3) is 5.69 Å². The Bertz CT molecular complexity index is 963. The first-order valence-electron chi connectivity index (χ1n) is 9.06. The van der Waals surface area contributed by atoms with Crippen molar-refractivity contribution in [2.45, 2.75) is 18.9 Å². The highest BCUT2D eigenvalue weighted by Crippen LogP contribution is 2.17. The Hall–Kier alpha value is -3.39. The first kappa shape index (κ1) is 18.0. The number of carbonyl (C=O) groups excluding carboxylic acids is 2. The summed E-state index contributed by atoms with van der Waals surface area (Å²) in [4.78, 5) is 26.3. The number of likely N-dealkylation sites (tertiary alicyclic amines) is 1. The number of piperidine rings is 1. The third kappa shape index (κ3) is 3.81. The number of carbonyl (C=O) groups is 2. The molecule has 8 heteroatoms. The molecule has 0 spiro atoms. The van der Waals surface area contributed by atoms with Crippen LogP contribution in [0.5, 0.6) is 0 Å². The molecule has 1 aliphatic rings. The predicted molar refractivity (Wildman–Crippen MR) is 101 cm³/mol. The first-order chi connectivity index (χ1) is 13.6. The van der Waals surface area contributed by atoms with Crippen molar-refractivity contribution in [1.29, 1.82) is 0 Å². The van der Waals surface area contributed by atoms with Crippen molar-refractivity contribution in [3.05, 3.63) is 66.4 Å². The molecule has 0 saturated carbocycles. The summed E-state index contributed by atoms with van der Waals surface area (Å²) in [7, 11) is 0. The van der Waals surface area contributed by atoms with Gasteiger partial charge < -0.3 is 19.7 Å². The number of hydrogen-bond acceptors (Lipinski definition) is 5. The lowest BCUT2D eigenvalue weighted by atomic mass is 10.1. The van der Waals surface area contributed by atoms with E-state index in [2.05, 4.69) is 10.4 Å². The monoisotopic (exact) mass is 380 g/mol. The fourth-order valence-corrected chi connectivity index (χ4v) is 3.20. The Balaban J connectivity index is 1.43. The van der Waals surface area contributed by atoms with Gasteiger partial charge in [0.05, 0.1) is 41.7 Å². The molecule has 144 valence electrons. The summed E-state index contributed by atoms with van der Waals surface area (Å²) in [5.41, 5.74) is 2.31. The van der Waals surface area contributed by atoms with Crippen LogP contribution in [0, 0.1) is 0 Å². The molecule has 2 amide bonds. The lowest BCUT2D eigenvalue weighted by Gasteiger charge is -2.30. The molecule has 8 nitrogen and oxygen atoms in total. The van der Waals surface area contributed by atoms with Gasteiger partial charge in [0.25, 0.3) is 11.8 Å². The number of nitrogens with zero attached hydrogens (tertiary/aromatic N) is 3. The van der Waals surface area contributed by atoms with E-state index in [0.717, 1.165) is 18.5 Å². The van der Waals surface area contributed by atoms with Crippen LogP contribution in [0.15, 0.2) is 59.7 Å². The van der Waals surface area contributed by atoms with Gasteiger partial charge in [-0.2, -0.15) is 5.10 Å². The number of aromatic nitrogens is 2. The fraction of sp³-hybridized carbons (Fsp3) is 0.250. The van der Waals surface area contributed by atoms with Crippen LogP contribution >= 0.6 is 0 Å². The van der Waals surface area contributed by atoms with Crippen molar-refractivity contribution < 1.29 is 19.1 Å². The van der Waals surface area contributed by atoms with Gasteiger partial charge in [-0.15, -0.1) is 0 Å². The zero-order valence-corrected chi connectivity index (χ0v) is 15.1. The normalized spacial score (nSPS) is 16.8. The van der Waals surface area contributed by atoms with Crippen molar-refractivity contribution in [2.24, 2.45) is 0 Å². The zero-order chi connectivity index (χ0) is 19.5. The van der Waals surface area contributed by atoms with E-state index in [1.807, 2.05) is 0 Å². The average molecular weight is 380 g/mol. The Labute approximate surface area is 161 Å². The maximum Gasteiger partial charge on any atom is 0.259 e. The molecule has 1 aromatic carbocycles. The number of aliphatic hydroxyl groups is 1. The van der Waals surface area contributed by atoms with Gasteiger partial charge >= 0.3 is 0 Å². The van der Waals surface area contributed by atoms with E-state index in [1.165, 1.54) is 12.5 Å². The summed E-state index contributed by atoms with van der Waals surface area (Å²) < 4.78 is 6.52. The maximum atomic E-state index is 12.6.